The van der Waals surface area contributed by atoms with Crippen LogP contribution in [0.25, 0.3) is 0 Å². The van der Waals surface area contributed by atoms with Crippen LogP contribution in [0.3, 0.4) is 0 Å². The maximum atomic E-state index is 11.6. The highest BCUT2D eigenvalue weighted by molar-refractivity contribution is 6.17. The molecule has 0 N–H and O–H groups in total. The van der Waals surface area contributed by atoms with Crippen molar-refractivity contribution in [2.75, 3.05) is 178 Å². The van der Waals surface area contributed by atoms with Gasteiger partial charge < -0.3 is 66.3 Å². The molecule has 0 aliphatic carbocycles. The van der Waals surface area contributed by atoms with Crippen molar-refractivity contribution in [2.24, 2.45) is 0 Å². The van der Waals surface area contributed by atoms with Gasteiger partial charge in [0.2, 0.25) is 0 Å². The molecular formula is C33H65ClO15. The molecule has 0 heterocycles. The Morgan fingerprint density at radius 3 is 0.714 bits per heavy atom. The van der Waals surface area contributed by atoms with Crippen molar-refractivity contribution in [3.8, 4) is 0 Å². The van der Waals surface area contributed by atoms with Crippen molar-refractivity contribution < 1.29 is 71.1 Å². The molecule has 0 unspecified atom stereocenters. The highest BCUT2D eigenvalue weighted by Gasteiger charge is 2.15. The molecule has 0 fully saturated rings. The number of ether oxygens (including phenoxy) is 14. The van der Waals surface area contributed by atoms with Crippen molar-refractivity contribution >= 4 is 17.6 Å². The molecule has 0 amide bonds. The fourth-order valence-electron chi connectivity index (χ4n) is 3.34. The van der Waals surface area contributed by atoms with Crippen LogP contribution in [0.15, 0.2) is 0 Å². The highest BCUT2D eigenvalue weighted by Crippen LogP contribution is 2.08. The van der Waals surface area contributed by atoms with Gasteiger partial charge in [-0.15, -0.1) is 11.6 Å². The van der Waals surface area contributed by atoms with Crippen molar-refractivity contribution in [1.82, 2.24) is 0 Å². The average molecular weight is 737 g/mol. The van der Waals surface area contributed by atoms with E-state index < -0.39 is 5.60 Å². The summed E-state index contributed by atoms with van der Waals surface area (Å²) in [6, 6.07) is 0. The number of hydrogen-bond acceptors (Lipinski definition) is 15. The number of esters is 1. The number of carbonyl (C=O) groups is 1. The molecule has 0 saturated heterocycles. The van der Waals surface area contributed by atoms with E-state index in [9.17, 15) is 4.79 Å². The molecule has 16 heteroatoms. The standard InChI is InChI=1S/C33H65ClO15/c1-33(2,3)49-32(35)4-6-36-8-10-38-12-14-40-16-18-42-20-22-44-24-26-46-28-30-48-31-29-47-27-25-45-23-21-43-19-17-41-15-13-39-11-9-37-7-5-34/h4-31H2,1-3H3. The number of carbonyl (C=O) groups excluding carboxylic acids is 1. The van der Waals surface area contributed by atoms with E-state index in [0.29, 0.717) is 178 Å². The zero-order chi connectivity index (χ0) is 35.8. The Bertz CT molecular complexity index is 658. The van der Waals surface area contributed by atoms with E-state index in [1.54, 1.807) is 0 Å². The second-order valence-electron chi connectivity index (χ2n) is 11.0. The molecule has 0 aliphatic heterocycles. The Morgan fingerprint density at radius 2 is 0.531 bits per heavy atom. The van der Waals surface area contributed by atoms with Gasteiger partial charge in [0.05, 0.1) is 178 Å². The first-order valence-corrected chi connectivity index (χ1v) is 17.8. The SMILES string of the molecule is CC(C)(C)OC(=O)CCOCCOCCOCCOCCOCCOCCOCCOCCOCCOCCOCCOCCOCCCl. The third-order valence-electron chi connectivity index (χ3n) is 5.56. The quantitative estimate of drug-likeness (QED) is 0.0513. The van der Waals surface area contributed by atoms with Crippen molar-refractivity contribution in [1.29, 1.82) is 0 Å². The predicted octanol–water partition coefficient (Wildman–Crippen LogP) is 2.17. The molecule has 294 valence electrons. The van der Waals surface area contributed by atoms with Crippen LogP contribution < -0.4 is 0 Å². The number of rotatable bonds is 41. The second-order valence-corrected chi connectivity index (χ2v) is 11.4. The minimum atomic E-state index is -0.475. The van der Waals surface area contributed by atoms with E-state index in [1.807, 2.05) is 20.8 Å². The number of halogens is 1. The summed E-state index contributed by atoms with van der Waals surface area (Å²) in [6.07, 6.45) is 0.230. The Labute approximate surface area is 298 Å². The van der Waals surface area contributed by atoms with Crippen molar-refractivity contribution in [3.05, 3.63) is 0 Å². The summed E-state index contributed by atoms with van der Waals surface area (Å²) in [5.41, 5.74) is -0.475. The van der Waals surface area contributed by atoms with E-state index in [2.05, 4.69) is 0 Å². The summed E-state index contributed by atoms with van der Waals surface area (Å²) < 4.78 is 75.7. The van der Waals surface area contributed by atoms with Gasteiger partial charge in [-0.3, -0.25) is 4.79 Å². The van der Waals surface area contributed by atoms with Crippen LogP contribution in [-0.2, 0) is 71.1 Å². The third-order valence-corrected chi connectivity index (χ3v) is 5.71. The zero-order valence-corrected chi connectivity index (χ0v) is 31.1. The molecule has 0 saturated carbocycles. The largest absolute Gasteiger partial charge is 0.460 e. The molecule has 0 radical (unpaired) electrons. The third kappa shape index (κ3) is 45.2. The van der Waals surface area contributed by atoms with E-state index in [4.69, 9.17) is 77.9 Å². The molecule has 0 atom stereocenters. The van der Waals surface area contributed by atoms with Crippen molar-refractivity contribution in [3.63, 3.8) is 0 Å². The van der Waals surface area contributed by atoms with E-state index >= 15 is 0 Å². The fourth-order valence-corrected chi connectivity index (χ4v) is 3.45. The summed E-state index contributed by atoms with van der Waals surface area (Å²) in [4.78, 5) is 11.6. The molecule has 0 rings (SSSR count). The van der Waals surface area contributed by atoms with Gasteiger partial charge in [-0.2, -0.15) is 0 Å². The van der Waals surface area contributed by atoms with Crippen LogP contribution in [0.1, 0.15) is 27.2 Å². The first-order chi connectivity index (χ1) is 24.0. The Kier molecular flexibility index (Phi) is 39.4. The second kappa shape index (κ2) is 40.0. The van der Waals surface area contributed by atoms with Gasteiger partial charge in [0.1, 0.15) is 5.60 Å². The lowest BCUT2D eigenvalue weighted by atomic mass is 10.2. The molecule has 0 spiro atoms. The first kappa shape index (κ1) is 48.2. The molecule has 15 nitrogen and oxygen atoms in total. The lowest BCUT2D eigenvalue weighted by Gasteiger charge is -2.19. The van der Waals surface area contributed by atoms with Gasteiger partial charge in [0.15, 0.2) is 0 Å². The van der Waals surface area contributed by atoms with Crippen LogP contribution in [0.4, 0.5) is 0 Å². The molecule has 49 heavy (non-hydrogen) atoms. The predicted molar refractivity (Wildman–Crippen MR) is 182 cm³/mol. The summed E-state index contributed by atoms with van der Waals surface area (Å²) in [5, 5.41) is 0. The van der Waals surface area contributed by atoms with Gasteiger partial charge in [0, 0.05) is 5.88 Å². The summed E-state index contributed by atoms with van der Waals surface area (Å²) in [6.45, 7) is 18.3. The van der Waals surface area contributed by atoms with E-state index in [-0.39, 0.29) is 12.4 Å². The van der Waals surface area contributed by atoms with Gasteiger partial charge in [0.25, 0.3) is 0 Å². The smallest absolute Gasteiger partial charge is 0.308 e. The zero-order valence-electron chi connectivity index (χ0n) is 30.3. The van der Waals surface area contributed by atoms with Gasteiger partial charge in [-0.05, 0) is 20.8 Å². The summed E-state index contributed by atoms with van der Waals surface area (Å²) in [5.74, 6) is 0.227. The lowest BCUT2D eigenvalue weighted by molar-refractivity contribution is -0.156. The van der Waals surface area contributed by atoms with Crippen LogP contribution >= 0.6 is 11.6 Å². The molecule has 0 aromatic carbocycles. The van der Waals surface area contributed by atoms with Crippen LogP contribution in [0.2, 0.25) is 0 Å². The van der Waals surface area contributed by atoms with Gasteiger partial charge in [-0.1, -0.05) is 0 Å². The Hall–Kier alpha value is -0.760. The van der Waals surface area contributed by atoms with Crippen LogP contribution in [0, 0.1) is 0 Å². The van der Waals surface area contributed by atoms with E-state index in [1.165, 1.54) is 0 Å². The fraction of sp³-hybridized carbons (Fsp3) is 0.970. The van der Waals surface area contributed by atoms with E-state index in [0.717, 1.165) is 0 Å². The topological polar surface area (TPSA) is 146 Å². The number of alkyl halides is 1. The average Bonchev–Trinajstić information content (AvgIpc) is 3.06. The summed E-state index contributed by atoms with van der Waals surface area (Å²) in [7, 11) is 0. The maximum Gasteiger partial charge on any atom is 0.308 e. The van der Waals surface area contributed by atoms with Crippen molar-refractivity contribution in [2.45, 2.75) is 32.8 Å². The summed E-state index contributed by atoms with van der Waals surface area (Å²) >= 11 is 5.51. The maximum absolute atomic E-state index is 11.6. The highest BCUT2D eigenvalue weighted by atomic mass is 35.5. The molecule has 0 aromatic heterocycles. The lowest BCUT2D eigenvalue weighted by Crippen LogP contribution is -2.24. The number of hydrogen-bond donors (Lipinski definition) is 0. The van der Waals surface area contributed by atoms with Gasteiger partial charge in [-0.25, -0.2) is 0 Å². The van der Waals surface area contributed by atoms with Crippen LogP contribution in [-0.4, -0.2) is 189 Å². The minimum absolute atomic E-state index is 0.230. The molecule has 0 aromatic rings. The van der Waals surface area contributed by atoms with Gasteiger partial charge >= 0.3 is 5.97 Å². The Balaban J connectivity index is 3.09. The molecule has 0 bridgehead atoms. The minimum Gasteiger partial charge on any atom is -0.460 e. The first-order valence-electron chi connectivity index (χ1n) is 17.2. The molecule has 0 aliphatic rings. The monoisotopic (exact) mass is 736 g/mol. The Morgan fingerprint density at radius 1 is 0.347 bits per heavy atom. The molecular weight excluding hydrogens is 672 g/mol. The van der Waals surface area contributed by atoms with Crippen LogP contribution in [0.5, 0.6) is 0 Å². The normalized spacial score (nSPS) is 11.8.